The van der Waals surface area contributed by atoms with Gasteiger partial charge in [0.25, 0.3) is 0 Å². The predicted octanol–water partition coefficient (Wildman–Crippen LogP) is 2.41. The van der Waals surface area contributed by atoms with E-state index in [4.69, 9.17) is 9.47 Å². The van der Waals surface area contributed by atoms with Crippen molar-refractivity contribution in [1.82, 2.24) is 0 Å². The first-order chi connectivity index (χ1) is 6.50. The van der Waals surface area contributed by atoms with E-state index in [1.807, 2.05) is 12.1 Å². The molecule has 0 saturated carbocycles. The van der Waals surface area contributed by atoms with Gasteiger partial charge < -0.3 is 14.6 Å². The van der Waals surface area contributed by atoms with Crippen LogP contribution >= 0.6 is 15.9 Å². The van der Waals surface area contributed by atoms with Crippen molar-refractivity contribution in [3.63, 3.8) is 0 Å². The molecule has 76 valence electrons. The molecule has 1 aromatic carbocycles. The van der Waals surface area contributed by atoms with E-state index in [0.717, 1.165) is 10.0 Å². The zero-order chi connectivity index (χ0) is 10.3. The summed E-state index contributed by atoms with van der Waals surface area (Å²) in [6, 6.07) is 3.67. The molecule has 1 aromatic rings. The average molecular weight is 259 g/mol. The summed E-state index contributed by atoms with van der Waals surface area (Å²) in [5, 5.41) is 9.97. The maximum Gasteiger partial charge on any atom is 0.231 e. The number of benzene rings is 1. The standard InChI is InChI=1S/C10H11BrO3/c1-10(2,12)8-6(11)3-4-7-9(8)14-5-13-7/h3-4,12H,5H2,1-2H3. The molecule has 0 spiro atoms. The van der Waals surface area contributed by atoms with Crippen molar-refractivity contribution in [3.8, 4) is 11.5 Å². The molecule has 1 heterocycles. The SMILES string of the molecule is CC(C)(O)c1c(Br)ccc2c1OCO2. The summed E-state index contributed by atoms with van der Waals surface area (Å²) in [6.07, 6.45) is 0. The Morgan fingerprint density at radius 1 is 1.36 bits per heavy atom. The lowest BCUT2D eigenvalue weighted by molar-refractivity contribution is 0.0736. The van der Waals surface area contributed by atoms with Crippen molar-refractivity contribution in [3.05, 3.63) is 22.2 Å². The zero-order valence-electron chi connectivity index (χ0n) is 8.00. The Morgan fingerprint density at radius 3 is 2.71 bits per heavy atom. The van der Waals surface area contributed by atoms with Gasteiger partial charge in [0.05, 0.1) is 5.60 Å². The third-order valence-corrected chi connectivity index (χ3v) is 2.76. The maximum absolute atomic E-state index is 9.97. The first-order valence-electron chi connectivity index (χ1n) is 4.31. The van der Waals surface area contributed by atoms with Crippen LogP contribution in [-0.2, 0) is 5.60 Å². The van der Waals surface area contributed by atoms with Gasteiger partial charge in [-0.3, -0.25) is 0 Å². The highest BCUT2D eigenvalue weighted by Crippen LogP contribution is 2.44. The van der Waals surface area contributed by atoms with Gasteiger partial charge in [0.2, 0.25) is 6.79 Å². The molecular formula is C10H11BrO3. The molecule has 1 aliphatic rings. The lowest BCUT2D eigenvalue weighted by Crippen LogP contribution is -2.17. The van der Waals surface area contributed by atoms with Crippen LogP contribution in [0.15, 0.2) is 16.6 Å². The van der Waals surface area contributed by atoms with Gasteiger partial charge in [-0.1, -0.05) is 15.9 Å². The number of aliphatic hydroxyl groups is 1. The second-order valence-electron chi connectivity index (χ2n) is 3.72. The number of halogens is 1. The molecule has 0 fully saturated rings. The molecule has 4 heteroatoms. The summed E-state index contributed by atoms with van der Waals surface area (Å²) >= 11 is 3.39. The van der Waals surface area contributed by atoms with Crippen molar-refractivity contribution < 1.29 is 14.6 Å². The fourth-order valence-electron chi connectivity index (χ4n) is 1.52. The molecule has 0 bridgehead atoms. The Morgan fingerprint density at radius 2 is 2.07 bits per heavy atom. The van der Waals surface area contributed by atoms with E-state index in [1.54, 1.807) is 13.8 Å². The molecule has 0 amide bonds. The van der Waals surface area contributed by atoms with Crippen molar-refractivity contribution in [2.24, 2.45) is 0 Å². The second-order valence-corrected chi connectivity index (χ2v) is 4.57. The Hall–Kier alpha value is -0.740. The van der Waals surface area contributed by atoms with Gasteiger partial charge in [-0.25, -0.2) is 0 Å². The van der Waals surface area contributed by atoms with E-state index < -0.39 is 5.60 Å². The van der Waals surface area contributed by atoms with Gasteiger partial charge in [0, 0.05) is 10.0 Å². The topological polar surface area (TPSA) is 38.7 Å². The normalized spacial score (nSPS) is 14.6. The summed E-state index contributed by atoms with van der Waals surface area (Å²) in [4.78, 5) is 0. The van der Waals surface area contributed by atoms with Gasteiger partial charge in [-0.05, 0) is 26.0 Å². The number of hydrogen-bond donors (Lipinski definition) is 1. The van der Waals surface area contributed by atoms with E-state index in [9.17, 15) is 5.11 Å². The van der Waals surface area contributed by atoms with Crippen LogP contribution in [0.1, 0.15) is 19.4 Å². The summed E-state index contributed by atoms with van der Waals surface area (Å²) < 4.78 is 11.4. The van der Waals surface area contributed by atoms with Gasteiger partial charge >= 0.3 is 0 Å². The molecule has 3 nitrogen and oxygen atoms in total. The van der Waals surface area contributed by atoms with Crippen LogP contribution in [0.4, 0.5) is 0 Å². The van der Waals surface area contributed by atoms with E-state index >= 15 is 0 Å². The minimum absolute atomic E-state index is 0.217. The first kappa shape index (κ1) is 9.80. The second kappa shape index (κ2) is 3.14. The van der Waals surface area contributed by atoms with Crippen LogP contribution in [0.5, 0.6) is 11.5 Å². The van der Waals surface area contributed by atoms with Gasteiger partial charge in [-0.2, -0.15) is 0 Å². The Bertz CT molecular complexity index is 368. The van der Waals surface area contributed by atoms with Crippen LogP contribution in [-0.4, -0.2) is 11.9 Å². The van der Waals surface area contributed by atoms with Gasteiger partial charge in [0.15, 0.2) is 11.5 Å². The quantitative estimate of drug-likeness (QED) is 0.841. The third kappa shape index (κ3) is 1.48. The minimum atomic E-state index is -0.947. The molecular weight excluding hydrogens is 248 g/mol. The fourth-order valence-corrected chi connectivity index (χ4v) is 2.32. The number of rotatable bonds is 1. The third-order valence-electron chi connectivity index (χ3n) is 2.10. The molecule has 2 rings (SSSR count). The van der Waals surface area contributed by atoms with Crippen LogP contribution in [0.2, 0.25) is 0 Å². The predicted molar refractivity (Wildman–Crippen MR) is 55.5 cm³/mol. The molecule has 0 atom stereocenters. The largest absolute Gasteiger partial charge is 0.454 e. The lowest BCUT2D eigenvalue weighted by Gasteiger charge is -2.21. The molecule has 0 aliphatic carbocycles. The van der Waals surface area contributed by atoms with Crippen molar-refractivity contribution in [2.75, 3.05) is 6.79 Å². The fraction of sp³-hybridized carbons (Fsp3) is 0.400. The van der Waals surface area contributed by atoms with Crippen LogP contribution in [0, 0.1) is 0 Å². The highest BCUT2D eigenvalue weighted by Gasteiger charge is 2.29. The Balaban J connectivity index is 2.63. The zero-order valence-corrected chi connectivity index (χ0v) is 9.59. The smallest absolute Gasteiger partial charge is 0.231 e. The average Bonchev–Trinajstić information content (AvgIpc) is 2.48. The Labute approximate surface area is 90.8 Å². The lowest BCUT2D eigenvalue weighted by atomic mass is 9.97. The molecule has 14 heavy (non-hydrogen) atoms. The molecule has 0 unspecified atom stereocenters. The van der Waals surface area contributed by atoms with Crippen LogP contribution in [0.3, 0.4) is 0 Å². The summed E-state index contributed by atoms with van der Waals surface area (Å²) in [7, 11) is 0. The molecule has 0 radical (unpaired) electrons. The van der Waals surface area contributed by atoms with E-state index in [1.165, 1.54) is 0 Å². The number of fused-ring (bicyclic) bond motifs is 1. The molecule has 1 N–H and O–H groups in total. The summed E-state index contributed by atoms with van der Waals surface area (Å²) in [5.74, 6) is 1.32. The molecule has 0 saturated heterocycles. The number of ether oxygens (including phenoxy) is 2. The van der Waals surface area contributed by atoms with Crippen LogP contribution in [0.25, 0.3) is 0 Å². The molecule has 0 aromatic heterocycles. The monoisotopic (exact) mass is 258 g/mol. The Kier molecular flexibility index (Phi) is 2.20. The van der Waals surface area contributed by atoms with E-state index in [-0.39, 0.29) is 6.79 Å². The summed E-state index contributed by atoms with van der Waals surface area (Å²) in [6.45, 7) is 3.65. The number of hydrogen-bond acceptors (Lipinski definition) is 3. The highest BCUT2D eigenvalue weighted by atomic mass is 79.9. The van der Waals surface area contributed by atoms with Crippen molar-refractivity contribution in [1.29, 1.82) is 0 Å². The van der Waals surface area contributed by atoms with Gasteiger partial charge in [-0.15, -0.1) is 0 Å². The van der Waals surface area contributed by atoms with Crippen molar-refractivity contribution in [2.45, 2.75) is 19.4 Å². The summed E-state index contributed by atoms with van der Waals surface area (Å²) in [5.41, 5.74) is -0.217. The van der Waals surface area contributed by atoms with E-state index in [2.05, 4.69) is 15.9 Å². The van der Waals surface area contributed by atoms with Crippen molar-refractivity contribution >= 4 is 15.9 Å². The van der Waals surface area contributed by atoms with Gasteiger partial charge in [0.1, 0.15) is 0 Å². The van der Waals surface area contributed by atoms with E-state index in [0.29, 0.717) is 11.5 Å². The minimum Gasteiger partial charge on any atom is -0.454 e. The molecule has 1 aliphatic heterocycles. The highest BCUT2D eigenvalue weighted by molar-refractivity contribution is 9.10. The van der Waals surface area contributed by atoms with Crippen LogP contribution < -0.4 is 9.47 Å². The first-order valence-corrected chi connectivity index (χ1v) is 5.10. The maximum atomic E-state index is 9.97.